The molecular formula is C15H15ClO. The second-order valence-electron chi connectivity index (χ2n) is 5.86. The molecule has 0 radical (unpaired) electrons. The molecule has 0 amide bonds. The number of fused-ring (bicyclic) bond motifs is 5. The molecule has 2 heteroatoms. The number of hydrogen-bond donors (Lipinski definition) is 0. The van der Waals surface area contributed by atoms with Crippen molar-refractivity contribution in [1.82, 2.24) is 0 Å². The summed E-state index contributed by atoms with van der Waals surface area (Å²) in [4.78, 5) is 12.5. The first-order valence-corrected chi connectivity index (χ1v) is 6.94. The highest BCUT2D eigenvalue weighted by atomic mass is 35.5. The maximum absolute atomic E-state index is 12.5. The van der Waals surface area contributed by atoms with Gasteiger partial charge in [0.25, 0.3) is 0 Å². The number of carbonyl (C=O) groups is 1. The van der Waals surface area contributed by atoms with Gasteiger partial charge in [0.1, 0.15) is 0 Å². The molecular weight excluding hydrogens is 232 g/mol. The maximum atomic E-state index is 12.5. The van der Waals surface area contributed by atoms with Crippen molar-refractivity contribution in [3.63, 3.8) is 0 Å². The number of carbonyl (C=O) groups excluding carboxylic acids is 1. The third-order valence-corrected chi connectivity index (χ3v) is 5.51. The lowest BCUT2D eigenvalue weighted by atomic mass is 9.96. The van der Waals surface area contributed by atoms with E-state index in [1.165, 1.54) is 19.3 Å². The van der Waals surface area contributed by atoms with Crippen LogP contribution in [0.3, 0.4) is 0 Å². The summed E-state index contributed by atoms with van der Waals surface area (Å²) in [7, 11) is 0. The van der Waals surface area contributed by atoms with Crippen molar-refractivity contribution < 1.29 is 4.79 Å². The highest BCUT2D eigenvalue weighted by Gasteiger charge is 2.67. The fourth-order valence-corrected chi connectivity index (χ4v) is 4.75. The quantitative estimate of drug-likeness (QED) is 0.725. The topological polar surface area (TPSA) is 17.1 Å². The second kappa shape index (κ2) is 3.35. The van der Waals surface area contributed by atoms with Crippen LogP contribution in [-0.4, -0.2) is 5.78 Å². The van der Waals surface area contributed by atoms with Gasteiger partial charge in [0.05, 0.1) is 5.02 Å². The minimum atomic E-state index is 0.307. The SMILES string of the molecule is O=C(c1ccccc1Cl)C1C2C3CCC(C3)C12. The molecule has 0 aromatic heterocycles. The predicted octanol–water partition coefficient (Wildman–Crippen LogP) is 3.81. The van der Waals surface area contributed by atoms with Gasteiger partial charge in [-0.15, -0.1) is 0 Å². The maximum Gasteiger partial charge on any atom is 0.168 e. The van der Waals surface area contributed by atoms with Gasteiger partial charge in [0.15, 0.2) is 5.78 Å². The molecule has 0 heterocycles. The Labute approximate surface area is 106 Å². The molecule has 4 atom stereocenters. The first kappa shape index (κ1) is 10.1. The average Bonchev–Trinajstić information content (AvgIpc) is 2.77. The molecule has 3 aliphatic rings. The predicted molar refractivity (Wildman–Crippen MR) is 67.1 cm³/mol. The van der Waals surface area contributed by atoms with Crippen LogP contribution >= 0.6 is 11.6 Å². The van der Waals surface area contributed by atoms with E-state index in [0.29, 0.717) is 28.6 Å². The fraction of sp³-hybridized carbons (Fsp3) is 0.533. The van der Waals surface area contributed by atoms with Crippen molar-refractivity contribution >= 4 is 17.4 Å². The van der Waals surface area contributed by atoms with E-state index in [1.807, 2.05) is 24.3 Å². The number of rotatable bonds is 2. The van der Waals surface area contributed by atoms with E-state index < -0.39 is 0 Å². The van der Waals surface area contributed by atoms with Crippen LogP contribution in [0.2, 0.25) is 5.02 Å². The highest BCUT2D eigenvalue weighted by Crippen LogP contribution is 2.70. The van der Waals surface area contributed by atoms with Crippen LogP contribution in [0.15, 0.2) is 24.3 Å². The van der Waals surface area contributed by atoms with Crippen LogP contribution in [0, 0.1) is 29.6 Å². The van der Waals surface area contributed by atoms with E-state index in [4.69, 9.17) is 11.6 Å². The Balaban J connectivity index is 1.62. The number of benzene rings is 1. The Morgan fingerprint density at radius 2 is 1.76 bits per heavy atom. The minimum Gasteiger partial charge on any atom is -0.294 e. The molecule has 2 bridgehead atoms. The number of hydrogen-bond acceptors (Lipinski definition) is 1. The summed E-state index contributed by atoms with van der Waals surface area (Å²) in [6.07, 6.45) is 4.11. The zero-order valence-corrected chi connectivity index (χ0v) is 10.4. The van der Waals surface area contributed by atoms with Gasteiger partial charge in [-0.25, -0.2) is 0 Å². The number of Topliss-reactive ketones (excluding diaryl/α,β-unsaturated/α-hetero) is 1. The van der Waals surface area contributed by atoms with Gasteiger partial charge >= 0.3 is 0 Å². The number of ketones is 1. The van der Waals surface area contributed by atoms with Crippen LogP contribution in [-0.2, 0) is 0 Å². The molecule has 1 nitrogen and oxygen atoms in total. The summed E-state index contributed by atoms with van der Waals surface area (Å²) < 4.78 is 0. The van der Waals surface area contributed by atoms with E-state index in [2.05, 4.69) is 0 Å². The summed E-state index contributed by atoms with van der Waals surface area (Å²) in [5.74, 6) is 3.72. The van der Waals surface area contributed by atoms with Crippen molar-refractivity contribution in [3.05, 3.63) is 34.9 Å². The normalized spacial score (nSPS) is 41.4. The molecule has 88 valence electrons. The lowest BCUT2D eigenvalue weighted by molar-refractivity contribution is 0.0944. The smallest absolute Gasteiger partial charge is 0.168 e. The Bertz CT molecular complexity index is 479. The Morgan fingerprint density at radius 1 is 1.12 bits per heavy atom. The highest BCUT2D eigenvalue weighted by molar-refractivity contribution is 6.34. The molecule has 4 rings (SSSR count). The van der Waals surface area contributed by atoms with Crippen molar-refractivity contribution in [2.75, 3.05) is 0 Å². The summed E-state index contributed by atoms with van der Waals surface area (Å²) in [5, 5.41) is 0.620. The lowest BCUT2D eigenvalue weighted by Crippen LogP contribution is -2.10. The molecule has 0 saturated heterocycles. The molecule has 1 aromatic carbocycles. The Morgan fingerprint density at radius 3 is 2.41 bits per heavy atom. The number of halogens is 1. The molecule has 0 N–H and O–H groups in total. The van der Waals surface area contributed by atoms with E-state index in [9.17, 15) is 4.79 Å². The summed E-state index contributed by atoms with van der Waals surface area (Å²) in [5.41, 5.74) is 0.743. The lowest BCUT2D eigenvalue weighted by Gasteiger charge is -2.08. The van der Waals surface area contributed by atoms with Crippen LogP contribution in [0.1, 0.15) is 29.6 Å². The van der Waals surface area contributed by atoms with Gasteiger partial charge < -0.3 is 0 Å². The molecule has 4 unspecified atom stereocenters. The largest absolute Gasteiger partial charge is 0.294 e. The molecule has 3 fully saturated rings. The van der Waals surface area contributed by atoms with Crippen LogP contribution in [0.4, 0.5) is 0 Å². The fourth-order valence-electron chi connectivity index (χ4n) is 4.52. The molecule has 0 spiro atoms. The molecule has 3 aliphatic carbocycles. The standard InChI is InChI=1S/C15H15ClO/c16-11-4-2-1-3-10(11)15(17)14-12-8-5-6-9(7-8)13(12)14/h1-4,8-9,12-14H,5-7H2. The van der Waals surface area contributed by atoms with Crippen LogP contribution in [0.5, 0.6) is 0 Å². The van der Waals surface area contributed by atoms with Crippen molar-refractivity contribution in [2.24, 2.45) is 29.6 Å². The average molecular weight is 247 g/mol. The minimum absolute atomic E-state index is 0.307. The summed E-state index contributed by atoms with van der Waals surface area (Å²) >= 11 is 6.12. The van der Waals surface area contributed by atoms with Gasteiger partial charge in [-0.3, -0.25) is 4.79 Å². The second-order valence-corrected chi connectivity index (χ2v) is 6.26. The van der Waals surface area contributed by atoms with Crippen LogP contribution in [0.25, 0.3) is 0 Å². The molecule has 0 aliphatic heterocycles. The molecule has 17 heavy (non-hydrogen) atoms. The first-order valence-electron chi connectivity index (χ1n) is 6.56. The van der Waals surface area contributed by atoms with Crippen LogP contribution < -0.4 is 0 Å². The van der Waals surface area contributed by atoms with Gasteiger partial charge in [-0.2, -0.15) is 0 Å². The van der Waals surface area contributed by atoms with Gasteiger partial charge in [-0.1, -0.05) is 23.7 Å². The monoisotopic (exact) mass is 246 g/mol. The van der Waals surface area contributed by atoms with E-state index in [-0.39, 0.29) is 0 Å². The Hall–Kier alpha value is -0.820. The van der Waals surface area contributed by atoms with Crippen molar-refractivity contribution in [1.29, 1.82) is 0 Å². The zero-order valence-electron chi connectivity index (χ0n) is 9.60. The van der Waals surface area contributed by atoms with Crippen molar-refractivity contribution in [3.8, 4) is 0 Å². The van der Waals surface area contributed by atoms with Gasteiger partial charge in [-0.05, 0) is 55.1 Å². The van der Waals surface area contributed by atoms with Gasteiger partial charge in [0, 0.05) is 11.5 Å². The van der Waals surface area contributed by atoms with E-state index in [0.717, 1.165) is 17.4 Å². The Kier molecular flexibility index (Phi) is 2.00. The molecule has 3 saturated carbocycles. The molecule has 1 aromatic rings. The van der Waals surface area contributed by atoms with Crippen molar-refractivity contribution in [2.45, 2.75) is 19.3 Å². The van der Waals surface area contributed by atoms with Gasteiger partial charge in [0.2, 0.25) is 0 Å². The third-order valence-electron chi connectivity index (χ3n) is 5.18. The summed E-state index contributed by atoms with van der Waals surface area (Å²) in [6.45, 7) is 0. The summed E-state index contributed by atoms with van der Waals surface area (Å²) in [6, 6.07) is 7.49. The van der Waals surface area contributed by atoms with E-state index in [1.54, 1.807) is 0 Å². The van der Waals surface area contributed by atoms with E-state index >= 15 is 0 Å². The third kappa shape index (κ3) is 1.29. The zero-order chi connectivity index (χ0) is 11.6. The first-order chi connectivity index (χ1) is 8.27.